The van der Waals surface area contributed by atoms with Crippen LogP contribution in [0.4, 0.5) is 4.39 Å². The number of nitrogens with zero attached hydrogens (tertiary/aromatic N) is 1. The molecule has 0 amide bonds. The van der Waals surface area contributed by atoms with Gasteiger partial charge in [0.05, 0.1) is 6.07 Å². The SMILES string of the molecule is Cc1ccc(C(=O)C(C#N)c2ccccc2F)cc1C. The molecule has 1 unspecified atom stereocenters. The zero-order valence-corrected chi connectivity index (χ0v) is 11.4. The molecule has 2 nitrogen and oxygen atoms in total. The van der Waals surface area contributed by atoms with E-state index in [2.05, 4.69) is 0 Å². The Morgan fingerprint density at radius 3 is 2.45 bits per heavy atom. The van der Waals surface area contributed by atoms with Gasteiger partial charge in [0.2, 0.25) is 0 Å². The van der Waals surface area contributed by atoms with Crippen LogP contribution in [0.15, 0.2) is 42.5 Å². The lowest BCUT2D eigenvalue weighted by atomic mass is 9.90. The van der Waals surface area contributed by atoms with Crippen molar-refractivity contribution in [3.63, 3.8) is 0 Å². The number of carbonyl (C=O) groups is 1. The van der Waals surface area contributed by atoms with Crippen molar-refractivity contribution >= 4 is 5.78 Å². The molecular weight excluding hydrogens is 253 g/mol. The van der Waals surface area contributed by atoms with Crippen LogP contribution in [0.2, 0.25) is 0 Å². The van der Waals surface area contributed by atoms with Gasteiger partial charge in [0.15, 0.2) is 5.78 Å². The zero-order valence-electron chi connectivity index (χ0n) is 11.4. The Morgan fingerprint density at radius 2 is 1.85 bits per heavy atom. The highest BCUT2D eigenvalue weighted by molar-refractivity contribution is 6.03. The second kappa shape index (κ2) is 5.66. The summed E-state index contributed by atoms with van der Waals surface area (Å²) >= 11 is 0. The Balaban J connectivity index is 2.42. The third-order valence-corrected chi connectivity index (χ3v) is 3.40. The molecule has 2 aromatic carbocycles. The molecule has 0 N–H and O–H groups in total. The predicted octanol–water partition coefficient (Wildman–Crippen LogP) is 3.93. The number of benzene rings is 2. The van der Waals surface area contributed by atoms with Gasteiger partial charge in [-0.25, -0.2) is 4.39 Å². The second-order valence-corrected chi connectivity index (χ2v) is 4.75. The van der Waals surface area contributed by atoms with Crippen LogP contribution in [0.1, 0.15) is 33.0 Å². The van der Waals surface area contributed by atoms with Crippen LogP contribution in [-0.2, 0) is 0 Å². The van der Waals surface area contributed by atoms with Crippen LogP contribution in [0, 0.1) is 31.0 Å². The average Bonchev–Trinajstić information content (AvgIpc) is 2.44. The fourth-order valence-corrected chi connectivity index (χ4v) is 2.04. The maximum atomic E-state index is 13.7. The molecule has 3 heteroatoms. The van der Waals surface area contributed by atoms with E-state index in [9.17, 15) is 14.4 Å². The zero-order chi connectivity index (χ0) is 14.7. The van der Waals surface area contributed by atoms with Gasteiger partial charge in [0.25, 0.3) is 0 Å². The first-order valence-corrected chi connectivity index (χ1v) is 6.30. The third-order valence-electron chi connectivity index (χ3n) is 3.40. The monoisotopic (exact) mass is 267 g/mol. The number of halogens is 1. The number of rotatable bonds is 3. The van der Waals surface area contributed by atoms with Gasteiger partial charge in [-0.1, -0.05) is 30.3 Å². The Hall–Kier alpha value is -2.47. The van der Waals surface area contributed by atoms with Crippen molar-refractivity contribution in [2.45, 2.75) is 19.8 Å². The van der Waals surface area contributed by atoms with Crippen molar-refractivity contribution in [2.24, 2.45) is 0 Å². The Bertz CT molecular complexity index is 700. The molecule has 0 fully saturated rings. The highest BCUT2D eigenvalue weighted by Gasteiger charge is 2.24. The molecule has 0 aliphatic carbocycles. The van der Waals surface area contributed by atoms with Crippen molar-refractivity contribution in [2.75, 3.05) is 0 Å². The maximum Gasteiger partial charge on any atom is 0.184 e. The lowest BCUT2D eigenvalue weighted by molar-refractivity contribution is 0.0977. The third kappa shape index (κ3) is 2.60. The Morgan fingerprint density at radius 1 is 1.15 bits per heavy atom. The summed E-state index contributed by atoms with van der Waals surface area (Å²) in [5.74, 6) is -2.02. The minimum atomic E-state index is -1.11. The molecule has 0 saturated heterocycles. The quantitative estimate of drug-likeness (QED) is 0.790. The summed E-state index contributed by atoms with van der Waals surface area (Å²) in [5, 5.41) is 9.22. The molecule has 0 aliphatic heterocycles. The molecule has 2 rings (SSSR count). The van der Waals surface area contributed by atoms with Crippen molar-refractivity contribution in [1.29, 1.82) is 5.26 Å². The average molecular weight is 267 g/mol. The molecule has 0 aliphatic rings. The molecular formula is C17H14FNO. The van der Waals surface area contributed by atoms with E-state index in [0.717, 1.165) is 11.1 Å². The first kappa shape index (κ1) is 14.0. The standard InChI is InChI=1S/C17H14FNO/c1-11-7-8-13(9-12(11)2)17(20)15(10-19)14-5-3-4-6-16(14)18/h3-9,15H,1-2H3. The van der Waals surface area contributed by atoms with E-state index in [-0.39, 0.29) is 11.3 Å². The number of carbonyl (C=O) groups excluding carboxylic acids is 1. The second-order valence-electron chi connectivity index (χ2n) is 4.75. The van der Waals surface area contributed by atoms with Gasteiger partial charge in [-0.2, -0.15) is 5.26 Å². The van der Waals surface area contributed by atoms with Crippen LogP contribution in [0.3, 0.4) is 0 Å². The van der Waals surface area contributed by atoms with Crippen LogP contribution in [0.5, 0.6) is 0 Å². The van der Waals surface area contributed by atoms with Crippen molar-refractivity contribution in [3.05, 3.63) is 70.5 Å². The van der Waals surface area contributed by atoms with Crippen molar-refractivity contribution in [3.8, 4) is 6.07 Å². The maximum absolute atomic E-state index is 13.7. The summed E-state index contributed by atoms with van der Waals surface area (Å²) in [7, 11) is 0. The van der Waals surface area contributed by atoms with E-state index in [4.69, 9.17) is 0 Å². The van der Waals surface area contributed by atoms with Crippen LogP contribution < -0.4 is 0 Å². The van der Waals surface area contributed by atoms with Gasteiger partial charge in [-0.15, -0.1) is 0 Å². The van der Waals surface area contributed by atoms with E-state index >= 15 is 0 Å². The fourth-order valence-electron chi connectivity index (χ4n) is 2.04. The highest BCUT2D eigenvalue weighted by Crippen LogP contribution is 2.24. The molecule has 1 atom stereocenters. The highest BCUT2D eigenvalue weighted by atomic mass is 19.1. The largest absolute Gasteiger partial charge is 0.292 e. The fraction of sp³-hybridized carbons (Fsp3) is 0.176. The molecule has 0 spiro atoms. The van der Waals surface area contributed by atoms with Crippen LogP contribution >= 0.6 is 0 Å². The topological polar surface area (TPSA) is 40.9 Å². The first-order chi connectivity index (χ1) is 9.54. The molecule has 20 heavy (non-hydrogen) atoms. The van der Waals surface area contributed by atoms with E-state index in [1.165, 1.54) is 18.2 Å². The van der Waals surface area contributed by atoms with Gasteiger partial charge < -0.3 is 0 Å². The molecule has 0 bridgehead atoms. The van der Waals surface area contributed by atoms with Gasteiger partial charge in [-0.05, 0) is 37.1 Å². The minimum Gasteiger partial charge on any atom is -0.292 e. The summed E-state index contributed by atoms with van der Waals surface area (Å²) in [6, 6.07) is 13.0. The Labute approximate surface area is 117 Å². The molecule has 0 radical (unpaired) electrons. The lowest BCUT2D eigenvalue weighted by Crippen LogP contribution is -2.13. The molecule has 0 aromatic heterocycles. The molecule has 100 valence electrons. The van der Waals surface area contributed by atoms with Gasteiger partial charge in [-0.3, -0.25) is 4.79 Å². The summed E-state index contributed by atoms with van der Waals surface area (Å²) in [6.07, 6.45) is 0. The van der Waals surface area contributed by atoms with Gasteiger partial charge in [0.1, 0.15) is 11.7 Å². The van der Waals surface area contributed by atoms with Crippen LogP contribution in [-0.4, -0.2) is 5.78 Å². The number of Topliss-reactive ketones (excluding diaryl/α,β-unsaturated/α-hetero) is 1. The number of hydrogen-bond acceptors (Lipinski definition) is 2. The van der Waals surface area contributed by atoms with E-state index in [1.807, 2.05) is 26.0 Å². The lowest BCUT2D eigenvalue weighted by Gasteiger charge is -2.11. The normalized spacial score (nSPS) is 11.7. The number of aryl methyl sites for hydroxylation is 2. The van der Waals surface area contributed by atoms with E-state index in [0.29, 0.717) is 5.56 Å². The van der Waals surface area contributed by atoms with Crippen molar-refractivity contribution in [1.82, 2.24) is 0 Å². The molecule has 2 aromatic rings. The number of nitriles is 1. The van der Waals surface area contributed by atoms with Crippen molar-refractivity contribution < 1.29 is 9.18 Å². The Kier molecular flexibility index (Phi) is 3.95. The smallest absolute Gasteiger partial charge is 0.184 e. The van der Waals surface area contributed by atoms with Gasteiger partial charge in [0, 0.05) is 11.1 Å². The first-order valence-electron chi connectivity index (χ1n) is 6.30. The minimum absolute atomic E-state index is 0.123. The summed E-state index contributed by atoms with van der Waals surface area (Å²) in [5.41, 5.74) is 2.60. The molecule has 0 saturated carbocycles. The molecule has 0 heterocycles. The summed E-state index contributed by atoms with van der Waals surface area (Å²) < 4.78 is 13.7. The van der Waals surface area contributed by atoms with Gasteiger partial charge >= 0.3 is 0 Å². The van der Waals surface area contributed by atoms with E-state index < -0.39 is 11.7 Å². The number of hydrogen-bond donors (Lipinski definition) is 0. The van der Waals surface area contributed by atoms with Crippen LogP contribution in [0.25, 0.3) is 0 Å². The summed E-state index contributed by atoms with van der Waals surface area (Å²) in [6.45, 7) is 3.85. The predicted molar refractivity (Wildman–Crippen MR) is 75.0 cm³/mol. The van der Waals surface area contributed by atoms with E-state index in [1.54, 1.807) is 18.2 Å². The summed E-state index contributed by atoms with van der Waals surface area (Å²) in [4.78, 5) is 12.4. The number of ketones is 1.